The summed E-state index contributed by atoms with van der Waals surface area (Å²) in [4.78, 5) is 0. The van der Waals surface area contributed by atoms with E-state index in [0.29, 0.717) is 0 Å². The third-order valence-electron chi connectivity index (χ3n) is 3.69. The van der Waals surface area contributed by atoms with Crippen molar-refractivity contribution in [1.82, 2.24) is 5.32 Å². The zero-order valence-electron chi connectivity index (χ0n) is 11.6. The molecule has 1 saturated carbocycles. The van der Waals surface area contributed by atoms with Gasteiger partial charge in [-0.3, -0.25) is 0 Å². The molecule has 100 valence electrons. The molecule has 0 amide bonds. The van der Waals surface area contributed by atoms with Crippen LogP contribution < -0.4 is 5.32 Å². The predicted molar refractivity (Wildman–Crippen MR) is 82.2 cm³/mol. The first-order valence-corrected chi connectivity index (χ1v) is 8.23. The Bertz CT molecular complexity index is 362. The SMILES string of the molecule is CCNC1CCCC(SCc2cccc(C)c2)C1. The van der Waals surface area contributed by atoms with Gasteiger partial charge < -0.3 is 5.32 Å². The number of hydrogen-bond donors (Lipinski definition) is 1. The molecule has 1 aromatic rings. The largest absolute Gasteiger partial charge is 0.314 e. The zero-order chi connectivity index (χ0) is 12.8. The van der Waals surface area contributed by atoms with E-state index in [2.05, 4.69) is 55.2 Å². The van der Waals surface area contributed by atoms with Crippen LogP contribution in [0, 0.1) is 6.92 Å². The van der Waals surface area contributed by atoms with Gasteiger partial charge in [0.1, 0.15) is 0 Å². The van der Waals surface area contributed by atoms with E-state index in [0.717, 1.165) is 17.8 Å². The fourth-order valence-electron chi connectivity index (χ4n) is 2.79. The van der Waals surface area contributed by atoms with Crippen molar-refractivity contribution in [2.75, 3.05) is 6.54 Å². The molecule has 2 rings (SSSR count). The van der Waals surface area contributed by atoms with Crippen molar-refractivity contribution in [3.63, 3.8) is 0 Å². The van der Waals surface area contributed by atoms with Gasteiger partial charge in [0.05, 0.1) is 0 Å². The van der Waals surface area contributed by atoms with Gasteiger partial charge in [0.2, 0.25) is 0 Å². The van der Waals surface area contributed by atoms with E-state index < -0.39 is 0 Å². The highest BCUT2D eigenvalue weighted by molar-refractivity contribution is 7.99. The molecule has 1 aliphatic rings. The minimum absolute atomic E-state index is 0.763. The average molecular weight is 263 g/mol. The Balaban J connectivity index is 1.79. The number of benzene rings is 1. The van der Waals surface area contributed by atoms with Gasteiger partial charge in [0.15, 0.2) is 0 Å². The fraction of sp³-hybridized carbons (Fsp3) is 0.625. The maximum Gasteiger partial charge on any atom is 0.0187 e. The highest BCUT2D eigenvalue weighted by Crippen LogP contribution is 2.30. The summed E-state index contributed by atoms with van der Waals surface area (Å²) in [5.74, 6) is 1.17. The Morgan fingerprint density at radius 1 is 1.33 bits per heavy atom. The predicted octanol–water partition coefficient (Wildman–Crippen LogP) is 4.15. The molecule has 1 aliphatic carbocycles. The van der Waals surface area contributed by atoms with Gasteiger partial charge in [-0.05, 0) is 38.3 Å². The molecule has 0 bridgehead atoms. The molecule has 2 heteroatoms. The van der Waals surface area contributed by atoms with Gasteiger partial charge in [0.25, 0.3) is 0 Å². The van der Waals surface area contributed by atoms with Crippen molar-refractivity contribution >= 4 is 11.8 Å². The van der Waals surface area contributed by atoms with Crippen LogP contribution in [0.2, 0.25) is 0 Å². The molecule has 1 aromatic carbocycles. The van der Waals surface area contributed by atoms with Crippen LogP contribution in [0.5, 0.6) is 0 Å². The van der Waals surface area contributed by atoms with E-state index in [4.69, 9.17) is 0 Å². The second kappa shape index (κ2) is 7.20. The lowest BCUT2D eigenvalue weighted by Gasteiger charge is -2.29. The first kappa shape index (κ1) is 14.0. The van der Waals surface area contributed by atoms with Gasteiger partial charge in [0, 0.05) is 17.0 Å². The Kier molecular flexibility index (Phi) is 5.58. The minimum atomic E-state index is 0.763. The second-order valence-electron chi connectivity index (χ2n) is 5.34. The number of thioether (sulfide) groups is 1. The van der Waals surface area contributed by atoms with Crippen molar-refractivity contribution in [2.45, 2.75) is 56.6 Å². The van der Waals surface area contributed by atoms with Gasteiger partial charge in [-0.1, -0.05) is 43.2 Å². The molecule has 0 aliphatic heterocycles. The molecule has 0 spiro atoms. The molecule has 0 saturated heterocycles. The summed E-state index contributed by atoms with van der Waals surface area (Å²) in [7, 11) is 0. The molecule has 0 heterocycles. The topological polar surface area (TPSA) is 12.0 Å². The summed E-state index contributed by atoms with van der Waals surface area (Å²) >= 11 is 2.15. The van der Waals surface area contributed by atoms with Crippen molar-refractivity contribution in [3.05, 3.63) is 35.4 Å². The molecular weight excluding hydrogens is 238 g/mol. The molecule has 2 atom stereocenters. The standard InChI is InChI=1S/C16H25NS/c1-3-17-15-8-5-9-16(11-15)18-12-14-7-4-6-13(2)10-14/h4,6-7,10,15-17H,3,5,8-9,11-12H2,1-2H3. The first-order chi connectivity index (χ1) is 8.78. The number of hydrogen-bond acceptors (Lipinski definition) is 2. The maximum absolute atomic E-state index is 3.61. The van der Waals surface area contributed by atoms with Crippen molar-refractivity contribution in [1.29, 1.82) is 0 Å². The Labute approximate surface area is 116 Å². The molecule has 0 radical (unpaired) electrons. The van der Waals surface area contributed by atoms with E-state index in [9.17, 15) is 0 Å². The Morgan fingerprint density at radius 2 is 2.22 bits per heavy atom. The number of nitrogens with one attached hydrogen (secondary N) is 1. The quantitative estimate of drug-likeness (QED) is 0.856. The van der Waals surface area contributed by atoms with E-state index in [1.54, 1.807) is 0 Å². The lowest BCUT2D eigenvalue weighted by atomic mass is 9.95. The van der Waals surface area contributed by atoms with Crippen LogP contribution in [0.3, 0.4) is 0 Å². The summed E-state index contributed by atoms with van der Waals surface area (Å²) in [5, 5.41) is 4.46. The van der Waals surface area contributed by atoms with Gasteiger partial charge in [-0.2, -0.15) is 11.8 Å². The van der Waals surface area contributed by atoms with Crippen molar-refractivity contribution in [2.24, 2.45) is 0 Å². The highest BCUT2D eigenvalue weighted by Gasteiger charge is 2.21. The van der Waals surface area contributed by atoms with Crippen molar-refractivity contribution < 1.29 is 0 Å². The normalized spacial score (nSPS) is 24.1. The molecular formula is C16H25NS. The van der Waals surface area contributed by atoms with Gasteiger partial charge in [-0.15, -0.1) is 0 Å². The fourth-order valence-corrected chi connectivity index (χ4v) is 4.10. The smallest absolute Gasteiger partial charge is 0.0187 e. The highest BCUT2D eigenvalue weighted by atomic mass is 32.2. The van der Waals surface area contributed by atoms with E-state index in [-0.39, 0.29) is 0 Å². The molecule has 1 N–H and O–H groups in total. The molecule has 1 nitrogen and oxygen atoms in total. The van der Waals surface area contributed by atoms with Gasteiger partial charge >= 0.3 is 0 Å². The van der Waals surface area contributed by atoms with Crippen LogP contribution in [0.15, 0.2) is 24.3 Å². The average Bonchev–Trinajstić information content (AvgIpc) is 2.37. The zero-order valence-corrected chi connectivity index (χ0v) is 12.4. The van der Waals surface area contributed by atoms with Crippen LogP contribution in [0.25, 0.3) is 0 Å². The molecule has 1 fully saturated rings. The van der Waals surface area contributed by atoms with Crippen LogP contribution in [-0.4, -0.2) is 17.8 Å². The van der Waals surface area contributed by atoms with Crippen LogP contribution in [-0.2, 0) is 5.75 Å². The Morgan fingerprint density at radius 3 is 3.00 bits per heavy atom. The van der Waals surface area contributed by atoms with Crippen LogP contribution in [0.4, 0.5) is 0 Å². The third kappa shape index (κ3) is 4.33. The molecule has 18 heavy (non-hydrogen) atoms. The summed E-state index contributed by atoms with van der Waals surface area (Å²) < 4.78 is 0. The van der Waals surface area contributed by atoms with Crippen molar-refractivity contribution in [3.8, 4) is 0 Å². The second-order valence-corrected chi connectivity index (χ2v) is 6.63. The van der Waals surface area contributed by atoms with E-state index in [1.165, 1.54) is 42.6 Å². The minimum Gasteiger partial charge on any atom is -0.314 e. The summed E-state index contributed by atoms with van der Waals surface area (Å²) in [5.41, 5.74) is 2.85. The summed E-state index contributed by atoms with van der Waals surface area (Å²) in [6.07, 6.45) is 5.52. The van der Waals surface area contributed by atoms with E-state index in [1.807, 2.05) is 0 Å². The summed E-state index contributed by atoms with van der Waals surface area (Å²) in [6.45, 7) is 5.50. The first-order valence-electron chi connectivity index (χ1n) is 7.18. The molecule has 2 unspecified atom stereocenters. The number of aryl methyl sites for hydroxylation is 1. The lowest BCUT2D eigenvalue weighted by Crippen LogP contribution is -2.34. The van der Waals surface area contributed by atoms with E-state index >= 15 is 0 Å². The van der Waals surface area contributed by atoms with Crippen LogP contribution >= 0.6 is 11.8 Å². The maximum atomic E-state index is 3.61. The van der Waals surface area contributed by atoms with Crippen LogP contribution in [0.1, 0.15) is 43.7 Å². The molecule has 0 aromatic heterocycles. The summed E-state index contributed by atoms with van der Waals surface area (Å²) in [6, 6.07) is 9.69. The van der Waals surface area contributed by atoms with Gasteiger partial charge in [-0.25, -0.2) is 0 Å². The monoisotopic (exact) mass is 263 g/mol. The Hall–Kier alpha value is -0.470. The third-order valence-corrected chi connectivity index (χ3v) is 5.09. The lowest BCUT2D eigenvalue weighted by molar-refractivity contribution is 0.387. The number of rotatable bonds is 5.